The SMILES string of the molecule is C=CC(=O)CC.CC#N.COC(=O)CC1c2cccc(F)c2NC(=O)N1c1cc(C(F)(F)F)ccc1OC.COc1ccc(C(F)(F)F)cc1CC(=O)Nc1ccccc1F.COc1ccc(C(F)(F)F)cc1NC(=O)Nc1c(F)cccc1/C=C/C(=O)OCO.COc1ccc(C(F)(F)F)cc1OC#N.Nc1ccccc1F.[2H][B].[U]. The first-order chi connectivity index (χ1) is 54.6. The summed E-state index contributed by atoms with van der Waals surface area (Å²) < 4.78 is 246. The van der Waals surface area contributed by atoms with E-state index in [1.54, 1.807) is 18.2 Å². The van der Waals surface area contributed by atoms with E-state index >= 15 is 0 Å². The van der Waals surface area contributed by atoms with Gasteiger partial charge in [0.2, 0.25) is 5.91 Å². The fraction of sp³-hybridized carbons (Fsp3) is 0.211. The number of fused-ring (bicyclic) bond motifs is 1. The smallest absolute Gasteiger partial charge is 0.416 e. The molecule has 0 fully saturated rings. The number of nitrogens with two attached hydrogens (primary N) is 1. The zero-order valence-corrected chi connectivity index (χ0v) is 65.8. The number of nitrogens with one attached hydrogen (secondary N) is 4. The summed E-state index contributed by atoms with van der Waals surface area (Å²) in [6, 6.07) is 28.6. The van der Waals surface area contributed by atoms with Gasteiger partial charge in [-0.1, -0.05) is 62.0 Å². The first-order valence-corrected chi connectivity index (χ1v) is 32.0. The van der Waals surface area contributed by atoms with Crippen molar-refractivity contribution in [2.45, 2.75) is 63.9 Å². The van der Waals surface area contributed by atoms with Gasteiger partial charge in [0.15, 0.2) is 24.1 Å². The van der Waals surface area contributed by atoms with E-state index in [2.05, 4.69) is 50.4 Å². The molecule has 0 saturated carbocycles. The molecule has 40 heteroatoms. The van der Waals surface area contributed by atoms with Crippen LogP contribution in [0.1, 0.15) is 71.7 Å². The van der Waals surface area contributed by atoms with Crippen LogP contribution < -0.4 is 55.6 Å². The quantitative estimate of drug-likeness (QED) is 0.00884. The number of nitrogen functional groups attached to an aromatic ring is 1. The van der Waals surface area contributed by atoms with Crippen LogP contribution in [0.15, 0.2) is 176 Å². The number of benzene rings is 8. The van der Waals surface area contributed by atoms with Crippen molar-refractivity contribution in [3.05, 3.63) is 239 Å². The monoisotopic (exact) mass is 1870 g/mol. The predicted octanol–water partition coefficient (Wildman–Crippen LogP) is 17.6. The number of carbonyl (C=O) groups excluding carboxylic acids is 6. The minimum Gasteiger partial charge on any atom is -0.496 e. The number of aliphatic hydroxyl groups excluding tert-OH is 1. The van der Waals surface area contributed by atoms with Gasteiger partial charge in [0, 0.05) is 75.6 Å². The average Bonchev–Trinajstić information content (AvgIpc) is 0.752. The fourth-order valence-electron chi connectivity index (χ4n) is 9.13. The molecule has 0 spiro atoms. The maximum Gasteiger partial charge on any atom is 0.416 e. The van der Waals surface area contributed by atoms with Crippen molar-refractivity contribution in [2.24, 2.45) is 0 Å². The largest absolute Gasteiger partial charge is 0.496 e. The van der Waals surface area contributed by atoms with E-state index in [1.807, 2.05) is 6.92 Å². The number of ether oxygens (including phenoxy) is 7. The average molecular weight is 1870 g/mol. The van der Waals surface area contributed by atoms with E-state index in [-0.39, 0.29) is 129 Å². The molecule has 1 aliphatic heterocycles. The third kappa shape index (κ3) is 32.2. The zero-order chi connectivity index (χ0) is 87.8. The molecule has 116 heavy (non-hydrogen) atoms. The maximum atomic E-state index is 14.2. The van der Waals surface area contributed by atoms with E-state index in [1.165, 1.54) is 108 Å². The van der Waals surface area contributed by atoms with Crippen LogP contribution in [-0.2, 0) is 59.8 Å². The van der Waals surface area contributed by atoms with Gasteiger partial charge in [-0.25, -0.2) is 31.9 Å². The summed E-state index contributed by atoms with van der Waals surface area (Å²) in [5.41, 5.74) is 0.860. The number of hydrogen-bond donors (Lipinski definition) is 6. The number of nitriles is 2. The van der Waals surface area contributed by atoms with Crippen molar-refractivity contribution in [1.29, 1.82) is 11.9 Å². The number of amides is 5. The molecular formula is C76H69BF16N8O14U. The minimum atomic E-state index is -4.67. The molecule has 1 heterocycles. The van der Waals surface area contributed by atoms with E-state index in [9.17, 15) is 99.0 Å². The zero-order valence-electron chi connectivity index (χ0n) is 62.7. The van der Waals surface area contributed by atoms with Crippen molar-refractivity contribution in [1.82, 2.24) is 0 Å². The summed E-state index contributed by atoms with van der Waals surface area (Å²) in [6.45, 7) is 5.67. The number of aliphatic hydroxyl groups is 1. The Morgan fingerprint density at radius 1 is 0.621 bits per heavy atom. The Balaban J connectivity index is 0.000000735. The van der Waals surface area contributed by atoms with Gasteiger partial charge in [-0.3, -0.25) is 19.3 Å². The van der Waals surface area contributed by atoms with E-state index < -0.39 is 114 Å². The van der Waals surface area contributed by atoms with Crippen LogP contribution >= 0.6 is 0 Å². The first-order valence-electron chi connectivity index (χ1n) is 32.6. The number of esters is 2. The molecule has 1 unspecified atom stereocenters. The number of urea groups is 2. The van der Waals surface area contributed by atoms with Crippen LogP contribution in [0.4, 0.5) is 114 Å². The molecule has 0 aliphatic carbocycles. The number of nitrogens with zero attached hydrogens (tertiary/aromatic N) is 3. The van der Waals surface area contributed by atoms with Crippen LogP contribution in [-0.4, -0.2) is 92.9 Å². The second-order valence-corrected chi connectivity index (χ2v) is 21.9. The van der Waals surface area contributed by atoms with Gasteiger partial charge >= 0.3 is 48.7 Å². The Bertz CT molecular complexity index is 4740. The number of allylic oxidation sites excluding steroid dienone is 1. The molecule has 616 valence electrons. The third-order valence-electron chi connectivity index (χ3n) is 14.4. The molecule has 1 atom stereocenters. The standard InChI is InChI=1S/C19H16F4N2O5.C19H16F4N2O4.C16H13F4NO2.C9H6F3NO2.C6H6FN.C5H8O.C2H3N.BH.U/c1-29-15-7-6-12(19(21,22)23)9-14(15)24-18(28)25-17-11(3-2-4-13(17)20)5-8-16(27)30-10-26;1-28-15-7-6-10(19(21,22)23)8-14(15)25-13(9-16(26)29-2)11-4-3-5-12(20)17(11)24-18(25)27;1-23-14-7-6-11(16(18,19)20)8-10(14)9-15(22)21-13-5-3-2-4-12(13)17;1-14-7-3-2-6(9(10,11)12)4-8(7)15-5-13;7-5-3-1-2-4-6(5)8;1-3-5(6)4-2;1-2-3;;/h2-9,26H,10H2,1H3,(H2,24,25,28);3-8,13H,9H2,1-2H3,(H,24,27);2-8H,9H2,1H3,(H,21,22);2-4H,1H3;1-4H,8H2;3H,1,4H2,2H3;1H3;1H;/b8-5+;;;;;;;;/i;;;;;;;1D;. The van der Waals surface area contributed by atoms with Gasteiger partial charge in [0.25, 0.3) is 6.26 Å². The van der Waals surface area contributed by atoms with E-state index in [0.29, 0.717) is 18.6 Å². The summed E-state index contributed by atoms with van der Waals surface area (Å²) in [5.74, 6) is -4.85. The van der Waals surface area contributed by atoms with Crippen molar-refractivity contribution in [2.75, 3.05) is 74.2 Å². The number of alkyl halides is 12. The molecule has 22 nitrogen and oxygen atoms in total. The predicted molar refractivity (Wildman–Crippen MR) is 390 cm³/mol. The van der Waals surface area contributed by atoms with E-state index in [4.69, 9.17) is 41.6 Å². The molecule has 8 aromatic rings. The number of para-hydroxylation sites is 4. The Kier molecular flexibility index (Phi) is 41.8. The van der Waals surface area contributed by atoms with Crippen LogP contribution in [0.5, 0.6) is 28.7 Å². The van der Waals surface area contributed by atoms with Crippen LogP contribution in [0.3, 0.4) is 0 Å². The number of ketones is 1. The molecule has 0 saturated heterocycles. The number of anilines is 6. The van der Waals surface area contributed by atoms with Crippen LogP contribution in [0.25, 0.3) is 6.08 Å². The molecule has 2 radical (unpaired) electrons. The summed E-state index contributed by atoms with van der Waals surface area (Å²) in [7, 11) is 9.88. The molecule has 0 bridgehead atoms. The van der Waals surface area contributed by atoms with Gasteiger partial charge < -0.3 is 65.3 Å². The van der Waals surface area contributed by atoms with Crippen LogP contribution in [0.2, 0.25) is 0 Å². The van der Waals surface area contributed by atoms with Gasteiger partial charge in [-0.05, 0) is 123 Å². The summed E-state index contributed by atoms with van der Waals surface area (Å²) >= 11 is 0. The normalized spacial score (nSPS) is 11.7. The summed E-state index contributed by atoms with van der Waals surface area (Å²) in [6.07, 6.45) is -13.9. The van der Waals surface area contributed by atoms with Gasteiger partial charge in [-0.2, -0.15) is 57.9 Å². The topological polar surface area (TPSA) is 312 Å². The molecule has 1 aliphatic rings. The number of carbonyl (C=O) groups is 6. The first kappa shape index (κ1) is 99.7. The summed E-state index contributed by atoms with van der Waals surface area (Å²) in [5, 5.41) is 33.1. The minimum absolute atomic E-state index is 0. The Morgan fingerprint density at radius 3 is 1.60 bits per heavy atom. The summed E-state index contributed by atoms with van der Waals surface area (Å²) in [4.78, 5) is 71.3. The van der Waals surface area contributed by atoms with Crippen molar-refractivity contribution < 1.29 is 168 Å². The molecule has 7 N–H and O–H groups in total. The van der Waals surface area contributed by atoms with Crippen molar-refractivity contribution in [3.63, 3.8) is 0 Å². The van der Waals surface area contributed by atoms with Crippen LogP contribution in [0, 0.1) is 77.2 Å². The maximum absolute atomic E-state index is 14.2. The molecule has 9 rings (SSSR count). The molecule has 8 aromatic carbocycles. The van der Waals surface area contributed by atoms with E-state index in [0.717, 1.165) is 97.0 Å². The van der Waals surface area contributed by atoms with Gasteiger partial charge in [0.05, 0.1) is 117 Å². The number of methoxy groups -OCH3 is 5. The number of halogens is 16. The number of rotatable bonds is 18. The molecule has 0 aromatic heterocycles. The Hall–Kier alpha value is -12.4. The third-order valence-corrected chi connectivity index (χ3v) is 14.4. The molecular weight excluding hydrogens is 1800 g/mol. The number of hydrogen-bond acceptors (Lipinski definition) is 17. The Morgan fingerprint density at radius 2 is 1.11 bits per heavy atom. The fourth-order valence-corrected chi connectivity index (χ4v) is 9.13. The second-order valence-electron chi connectivity index (χ2n) is 21.9. The van der Waals surface area contributed by atoms with Gasteiger partial charge in [-0.15, -0.1) is 5.26 Å². The van der Waals surface area contributed by atoms with Gasteiger partial charge in [0.1, 0.15) is 40.5 Å². The second kappa shape index (κ2) is 48.6. The molecule has 5 amide bonds. The van der Waals surface area contributed by atoms with Crippen molar-refractivity contribution >= 4 is 84.3 Å². The van der Waals surface area contributed by atoms with Crippen molar-refractivity contribution in [3.8, 4) is 41.1 Å². The Labute approximate surface area is 679 Å².